The van der Waals surface area contributed by atoms with Crippen molar-refractivity contribution in [3.63, 3.8) is 0 Å². The van der Waals surface area contributed by atoms with Gasteiger partial charge in [-0.25, -0.2) is 4.98 Å². The molecule has 1 amide bonds. The van der Waals surface area contributed by atoms with Gasteiger partial charge in [0.25, 0.3) is 0 Å². The number of thiazole rings is 1. The molecule has 1 aliphatic rings. The largest absolute Gasteiger partial charge is 0.305 e. The molecule has 0 bridgehead atoms. The number of hydrogen-bond acceptors (Lipinski definition) is 4. The third-order valence-corrected chi connectivity index (χ3v) is 6.41. The molecule has 1 N–H and O–H groups in total. The van der Waals surface area contributed by atoms with Crippen LogP contribution in [0.1, 0.15) is 40.0 Å². The Hall–Kier alpha value is -1.46. The fourth-order valence-electron chi connectivity index (χ4n) is 3.58. The Kier molecular flexibility index (Phi) is 5.51. The molecule has 3 rings (SSSR count). The Balaban J connectivity index is 1.65. The molecule has 1 heterocycles. The lowest BCUT2D eigenvalue weighted by molar-refractivity contribution is -0.118. The average molecular weight is 346 g/mol. The normalized spacial score (nSPS) is 24.2. The molecule has 1 saturated carbocycles. The lowest BCUT2D eigenvalue weighted by Gasteiger charge is -2.35. The molecule has 1 aromatic heterocycles. The molecule has 130 valence electrons. The monoisotopic (exact) mass is 345 g/mol. The molecule has 1 aromatic carbocycles. The summed E-state index contributed by atoms with van der Waals surface area (Å²) in [7, 11) is 0. The molecule has 5 heteroatoms. The third-order valence-electron chi connectivity index (χ3n) is 5.35. The minimum Gasteiger partial charge on any atom is -0.305 e. The first kappa shape index (κ1) is 17.4. The van der Waals surface area contributed by atoms with Gasteiger partial charge < -0.3 is 5.32 Å². The van der Waals surface area contributed by atoms with Crippen LogP contribution in [0.5, 0.6) is 0 Å². The van der Waals surface area contributed by atoms with Crippen molar-refractivity contribution in [2.24, 2.45) is 11.8 Å². The van der Waals surface area contributed by atoms with Crippen molar-refractivity contribution in [2.45, 2.75) is 46.1 Å². The van der Waals surface area contributed by atoms with Crippen molar-refractivity contribution in [1.82, 2.24) is 10.3 Å². The first-order valence-electron chi connectivity index (χ1n) is 8.99. The fraction of sp³-hybridized carbons (Fsp3) is 0.579. The summed E-state index contributed by atoms with van der Waals surface area (Å²) in [5.41, 5.74) is 0.964. The van der Waals surface area contributed by atoms with E-state index < -0.39 is 0 Å². The number of carbonyl (C=O) groups excluding carboxylic acids is 1. The van der Waals surface area contributed by atoms with Gasteiger partial charge in [0, 0.05) is 12.6 Å². The van der Waals surface area contributed by atoms with E-state index in [2.05, 4.69) is 30.2 Å². The first-order chi connectivity index (χ1) is 11.6. The van der Waals surface area contributed by atoms with Crippen LogP contribution in [0.3, 0.4) is 0 Å². The maximum Gasteiger partial charge on any atom is 0.242 e. The minimum atomic E-state index is 0.113. The van der Waals surface area contributed by atoms with Crippen LogP contribution in [0.4, 0.5) is 5.13 Å². The molecule has 4 nitrogen and oxygen atoms in total. The summed E-state index contributed by atoms with van der Waals surface area (Å²) in [6.07, 6.45) is 3.73. The van der Waals surface area contributed by atoms with Crippen LogP contribution in [-0.2, 0) is 4.79 Å². The number of nitrogens with one attached hydrogen (secondary N) is 1. The predicted molar refractivity (Wildman–Crippen MR) is 102 cm³/mol. The van der Waals surface area contributed by atoms with Crippen LogP contribution in [0.25, 0.3) is 10.2 Å². The van der Waals surface area contributed by atoms with Crippen molar-refractivity contribution in [3.8, 4) is 0 Å². The number of hydrogen-bond donors (Lipinski definition) is 1. The van der Waals surface area contributed by atoms with E-state index in [9.17, 15) is 4.79 Å². The van der Waals surface area contributed by atoms with Crippen LogP contribution in [-0.4, -0.2) is 30.0 Å². The summed E-state index contributed by atoms with van der Waals surface area (Å²) in [4.78, 5) is 19.1. The summed E-state index contributed by atoms with van der Waals surface area (Å²) in [6.45, 7) is 7.68. The number of benzene rings is 1. The molecule has 0 aliphatic heterocycles. The van der Waals surface area contributed by atoms with Crippen LogP contribution in [0.2, 0.25) is 0 Å². The van der Waals surface area contributed by atoms with Crippen molar-refractivity contribution < 1.29 is 4.79 Å². The van der Waals surface area contributed by atoms with Gasteiger partial charge in [-0.3, -0.25) is 9.69 Å². The van der Waals surface area contributed by atoms with Crippen molar-refractivity contribution in [3.05, 3.63) is 24.3 Å². The molecule has 3 atom stereocenters. The molecule has 3 unspecified atom stereocenters. The van der Waals surface area contributed by atoms with E-state index in [0.717, 1.165) is 21.3 Å². The van der Waals surface area contributed by atoms with Gasteiger partial charge >= 0.3 is 0 Å². The summed E-state index contributed by atoms with van der Waals surface area (Å²) in [5.74, 6) is 1.48. The average Bonchev–Trinajstić information content (AvgIpc) is 3.00. The number of para-hydroxylation sites is 1. The van der Waals surface area contributed by atoms with Gasteiger partial charge in [0.15, 0.2) is 5.13 Å². The highest BCUT2D eigenvalue weighted by Gasteiger charge is 2.28. The number of likely N-dealkylation sites (N-methyl/N-ethyl adjacent to an activating group) is 1. The molecule has 0 spiro atoms. The molecule has 0 saturated heterocycles. The standard InChI is InChI=1S/C19H27N3OS/c1-4-22(19-21-16-9-5-6-11-17(16)24-19)18(23)12-20-15-10-7-8-13(2)14(15)3/h5-6,9,11,13-15,20H,4,7-8,10,12H2,1-3H3. The molecule has 1 fully saturated rings. The van der Waals surface area contributed by atoms with Gasteiger partial charge in [0.1, 0.15) is 0 Å². The van der Waals surface area contributed by atoms with E-state index >= 15 is 0 Å². The zero-order chi connectivity index (χ0) is 17.1. The van der Waals surface area contributed by atoms with E-state index in [1.165, 1.54) is 19.3 Å². The number of rotatable bonds is 5. The van der Waals surface area contributed by atoms with E-state index in [0.29, 0.717) is 25.0 Å². The van der Waals surface area contributed by atoms with E-state index in [-0.39, 0.29) is 5.91 Å². The van der Waals surface area contributed by atoms with E-state index in [1.54, 1.807) is 16.2 Å². The van der Waals surface area contributed by atoms with Gasteiger partial charge in [-0.15, -0.1) is 0 Å². The fourth-order valence-corrected chi connectivity index (χ4v) is 4.62. The number of carbonyl (C=O) groups is 1. The van der Waals surface area contributed by atoms with Crippen LogP contribution in [0.15, 0.2) is 24.3 Å². The van der Waals surface area contributed by atoms with Gasteiger partial charge in [-0.05, 0) is 37.3 Å². The Morgan fingerprint density at radius 3 is 2.88 bits per heavy atom. The third kappa shape index (κ3) is 3.62. The van der Waals surface area contributed by atoms with E-state index in [1.807, 2.05) is 25.1 Å². The van der Waals surface area contributed by atoms with Gasteiger partial charge in [0.2, 0.25) is 5.91 Å². The number of nitrogens with zero attached hydrogens (tertiary/aromatic N) is 2. The molecule has 24 heavy (non-hydrogen) atoms. The summed E-state index contributed by atoms with van der Waals surface area (Å²) >= 11 is 1.59. The summed E-state index contributed by atoms with van der Waals surface area (Å²) in [6, 6.07) is 8.49. The van der Waals surface area contributed by atoms with Gasteiger partial charge in [-0.2, -0.15) is 0 Å². The highest BCUT2D eigenvalue weighted by molar-refractivity contribution is 7.22. The summed E-state index contributed by atoms with van der Waals surface area (Å²) in [5, 5.41) is 4.31. The first-order valence-corrected chi connectivity index (χ1v) is 9.81. The second-order valence-corrected chi connectivity index (χ2v) is 7.87. The van der Waals surface area contributed by atoms with Crippen molar-refractivity contribution >= 4 is 32.6 Å². The number of amides is 1. The minimum absolute atomic E-state index is 0.113. The van der Waals surface area contributed by atoms with Crippen molar-refractivity contribution in [1.29, 1.82) is 0 Å². The predicted octanol–water partition coefficient (Wildman–Crippen LogP) is 4.06. The Labute approximate surface area is 148 Å². The molecule has 0 radical (unpaired) electrons. The Bertz CT molecular complexity index is 666. The maximum absolute atomic E-state index is 12.7. The quantitative estimate of drug-likeness (QED) is 0.889. The van der Waals surface area contributed by atoms with E-state index in [4.69, 9.17) is 0 Å². The zero-order valence-corrected chi connectivity index (χ0v) is 15.6. The highest BCUT2D eigenvalue weighted by Crippen LogP contribution is 2.30. The van der Waals surface area contributed by atoms with Crippen LogP contribution >= 0.6 is 11.3 Å². The maximum atomic E-state index is 12.7. The molecular formula is C19H27N3OS. The lowest BCUT2D eigenvalue weighted by atomic mass is 9.78. The highest BCUT2D eigenvalue weighted by atomic mass is 32.1. The Morgan fingerprint density at radius 1 is 1.33 bits per heavy atom. The smallest absolute Gasteiger partial charge is 0.242 e. The van der Waals surface area contributed by atoms with Crippen LogP contribution in [0, 0.1) is 11.8 Å². The molecule has 1 aliphatic carbocycles. The molecular weight excluding hydrogens is 318 g/mol. The number of anilines is 1. The summed E-state index contributed by atoms with van der Waals surface area (Å²) < 4.78 is 1.13. The van der Waals surface area contributed by atoms with Crippen molar-refractivity contribution in [2.75, 3.05) is 18.0 Å². The lowest BCUT2D eigenvalue weighted by Crippen LogP contribution is -2.46. The number of aromatic nitrogens is 1. The zero-order valence-electron chi connectivity index (χ0n) is 14.8. The molecule has 2 aromatic rings. The Morgan fingerprint density at radius 2 is 2.12 bits per heavy atom. The van der Waals surface area contributed by atoms with Crippen LogP contribution < -0.4 is 10.2 Å². The van der Waals surface area contributed by atoms with Gasteiger partial charge in [0.05, 0.1) is 16.8 Å². The second kappa shape index (κ2) is 7.62. The SMILES string of the molecule is CCN(C(=O)CNC1CCCC(C)C1C)c1nc2ccccc2s1. The second-order valence-electron chi connectivity index (χ2n) is 6.86. The topological polar surface area (TPSA) is 45.2 Å². The number of fused-ring (bicyclic) bond motifs is 1. The van der Waals surface area contributed by atoms with Gasteiger partial charge in [-0.1, -0.05) is 50.2 Å².